The molecule has 19 heavy (non-hydrogen) atoms. The third-order valence-electron chi connectivity index (χ3n) is 2.47. The fourth-order valence-electron chi connectivity index (χ4n) is 1.65. The van der Waals surface area contributed by atoms with Gasteiger partial charge in [-0.1, -0.05) is 5.16 Å². The smallest absolute Gasteiger partial charge is 0.273 e. The van der Waals surface area contributed by atoms with Gasteiger partial charge in [0.15, 0.2) is 5.76 Å². The van der Waals surface area contributed by atoms with Crippen LogP contribution in [0.4, 0.5) is 17.1 Å². The molecular formula is C12H14N4O3. The Bertz CT molecular complexity index is 554. The van der Waals surface area contributed by atoms with E-state index in [2.05, 4.69) is 15.8 Å². The third kappa shape index (κ3) is 3.44. The number of nitro groups is 1. The summed E-state index contributed by atoms with van der Waals surface area (Å²) in [5.74, 6) is 0.663. The maximum Gasteiger partial charge on any atom is 0.273 e. The first-order valence-electron chi connectivity index (χ1n) is 5.86. The standard InChI is InChI=1S/C12H14N4O3/c1-2-13-9-5-10(7-11(6-9)16(17)18)14-8-12-3-4-15-19-12/h3-7,13-14H,2,8H2,1H3. The zero-order chi connectivity index (χ0) is 13.7. The Hall–Kier alpha value is -2.57. The van der Waals surface area contributed by atoms with Crippen molar-refractivity contribution in [1.82, 2.24) is 5.16 Å². The minimum Gasteiger partial charge on any atom is -0.385 e. The van der Waals surface area contributed by atoms with Crippen molar-refractivity contribution in [1.29, 1.82) is 0 Å². The first kappa shape index (κ1) is 12.9. The van der Waals surface area contributed by atoms with Crippen LogP contribution in [0.3, 0.4) is 0 Å². The van der Waals surface area contributed by atoms with Crippen LogP contribution in [0.25, 0.3) is 0 Å². The van der Waals surface area contributed by atoms with E-state index in [0.29, 0.717) is 30.2 Å². The van der Waals surface area contributed by atoms with Gasteiger partial charge in [0.25, 0.3) is 5.69 Å². The molecule has 100 valence electrons. The predicted octanol–water partition coefficient (Wildman–Crippen LogP) is 2.63. The highest BCUT2D eigenvalue weighted by molar-refractivity contribution is 5.63. The molecule has 7 nitrogen and oxygen atoms in total. The van der Waals surface area contributed by atoms with E-state index < -0.39 is 4.92 Å². The Morgan fingerprint density at radius 3 is 2.63 bits per heavy atom. The van der Waals surface area contributed by atoms with Crippen molar-refractivity contribution in [3.63, 3.8) is 0 Å². The molecule has 7 heteroatoms. The molecule has 0 atom stereocenters. The van der Waals surface area contributed by atoms with E-state index in [1.165, 1.54) is 12.1 Å². The van der Waals surface area contributed by atoms with E-state index in [0.717, 1.165) is 0 Å². The zero-order valence-electron chi connectivity index (χ0n) is 10.4. The number of nitro benzene ring substituents is 1. The normalized spacial score (nSPS) is 10.2. The van der Waals surface area contributed by atoms with Crippen LogP contribution in [0.15, 0.2) is 35.0 Å². The second kappa shape index (κ2) is 5.85. The van der Waals surface area contributed by atoms with Crippen LogP contribution >= 0.6 is 0 Å². The van der Waals surface area contributed by atoms with Gasteiger partial charge in [-0.3, -0.25) is 10.1 Å². The molecule has 2 aromatic rings. The average molecular weight is 262 g/mol. The molecule has 1 heterocycles. The van der Waals surface area contributed by atoms with E-state index in [4.69, 9.17) is 4.52 Å². The molecule has 1 aromatic carbocycles. The lowest BCUT2D eigenvalue weighted by Gasteiger charge is -2.08. The van der Waals surface area contributed by atoms with Gasteiger partial charge >= 0.3 is 0 Å². The maximum atomic E-state index is 10.9. The SMILES string of the molecule is CCNc1cc(NCc2ccno2)cc([N+](=O)[O-])c1. The van der Waals surface area contributed by atoms with Crippen molar-refractivity contribution in [3.8, 4) is 0 Å². The van der Waals surface area contributed by atoms with E-state index in [-0.39, 0.29) is 5.69 Å². The molecule has 1 aromatic heterocycles. The van der Waals surface area contributed by atoms with Gasteiger partial charge in [-0.25, -0.2) is 0 Å². The van der Waals surface area contributed by atoms with Crippen LogP contribution in [0.5, 0.6) is 0 Å². The number of non-ortho nitro benzene ring substituents is 1. The summed E-state index contributed by atoms with van der Waals surface area (Å²) < 4.78 is 4.95. The Morgan fingerprint density at radius 1 is 1.32 bits per heavy atom. The molecule has 0 spiro atoms. The number of aromatic nitrogens is 1. The quantitative estimate of drug-likeness (QED) is 0.614. The molecule has 0 unspecified atom stereocenters. The summed E-state index contributed by atoms with van der Waals surface area (Å²) in [7, 11) is 0. The number of rotatable bonds is 6. The van der Waals surface area contributed by atoms with Gasteiger partial charge in [0.2, 0.25) is 0 Å². The fraction of sp³-hybridized carbons (Fsp3) is 0.250. The van der Waals surface area contributed by atoms with Gasteiger partial charge in [-0.15, -0.1) is 0 Å². The second-order valence-electron chi connectivity index (χ2n) is 3.89. The Morgan fingerprint density at radius 2 is 2.05 bits per heavy atom. The molecular weight excluding hydrogens is 248 g/mol. The zero-order valence-corrected chi connectivity index (χ0v) is 10.4. The van der Waals surface area contributed by atoms with Gasteiger partial charge in [0.05, 0.1) is 17.7 Å². The number of benzene rings is 1. The molecule has 0 bridgehead atoms. The van der Waals surface area contributed by atoms with Gasteiger partial charge in [0.1, 0.15) is 0 Å². The summed E-state index contributed by atoms with van der Waals surface area (Å²) in [6.45, 7) is 3.05. The minimum absolute atomic E-state index is 0.0403. The van der Waals surface area contributed by atoms with Crippen LogP contribution in [-0.2, 0) is 6.54 Å². The highest BCUT2D eigenvalue weighted by Crippen LogP contribution is 2.24. The number of nitrogens with zero attached hydrogens (tertiary/aromatic N) is 2. The number of hydrogen-bond acceptors (Lipinski definition) is 6. The van der Waals surface area contributed by atoms with Gasteiger partial charge < -0.3 is 15.2 Å². The Labute approximate surface area is 109 Å². The molecule has 0 amide bonds. The summed E-state index contributed by atoms with van der Waals surface area (Å²) in [5.41, 5.74) is 1.40. The van der Waals surface area contributed by atoms with E-state index in [1.807, 2.05) is 13.0 Å². The van der Waals surface area contributed by atoms with Gasteiger partial charge in [-0.05, 0) is 13.0 Å². The third-order valence-corrected chi connectivity index (χ3v) is 2.47. The molecule has 2 rings (SSSR count). The average Bonchev–Trinajstić information content (AvgIpc) is 2.89. The summed E-state index contributed by atoms with van der Waals surface area (Å²) in [6.07, 6.45) is 1.55. The molecule has 0 saturated heterocycles. The van der Waals surface area contributed by atoms with E-state index in [9.17, 15) is 10.1 Å². The molecule has 2 N–H and O–H groups in total. The number of anilines is 2. The second-order valence-corrected chi connectivity index (χ2v) is 3.89. The lowest BCUT2D eigenvalue weighted by molar-refractivity contribution is -0.384. The molecule has 0 radical (unpaired) electrons. The molecule has 0 aliphatic heterocycles. The van der Waals surface area contributed by atoms with Crippen LogP contribution in [-0.4, -0.2) is 16.6 Å². The van der Waals surface area contributed by atoms with Crippen LogP contribution in [0.2, 0.25) is 0 Å². The lowest BCUT2D eigenvalue weighted by atomic mass is 10.2. The topological polar surface area (TPSA) is 93.2 Å². The van der Waals surface area contributed by atoms with Crippen molar-refractivity contribution < 1.29 is 9.45 Å². The largest absolute Gasteiger partial charge is 0.385 e. The van der Waals surface area contributed by atoms with Crippen molar-refractivity contribution >= 4 is 17.1 Å². The minimum atomic E-state index is -0.416. The fourth-order valence-corrected chi connectivity index (χ4v) is 1.65. The number of nitrogens with one attached hydrogen (secondary N) is 2. The first-order valence-corrected chi connectivity index (χ1v) is 5.86. The summed E-state index contributed by atoms with van der Waals surface area (Å²) in [6, 6.07) is 6.53. The Kier molecular flexibility index (Phi) is 3.97. The molecule has 0 saturated carbocycles. The summed E-state index contributed by atoms with van der Waals surface area (Å²) in [4.78, 5) is 10.4. The van der Waals surface area contributed by atoms with Gasteiger partial charge in [0, 0.05) is 36.1 Å². The molecule has 0 fully saturated rings. The first-order chi connectivity index (χ1) is 9.19. The Balaban J connectivity index is 2.16. The summed E-state index contributed by atoms with van der Waals surface area (Å²) in [5, 5.41) is 20.6. The monoisotopic (exact) mass is 262 g/mol. The van der Waals surface area contributed by atoms with Crippen molar-refractivity contribution in [2.45, 2.75) is 13.5 Å². The maximum absolute atomic E-state index is 10.9. The van der Waals surface area contributed by atoms with Crippen LogP contribution < -0.4 is 10.6 Å². The van der Waals surface area contributed by atoms with Crippen LogP contribution in [0.1, 0.15) is 12.7 Å². The molecule has 0 aliphatic carbocycles. The van der Waals surface area contributed by atoms with Crippen molar-refractivity contribution in [2.24, 2.45) is 0 Å². The van der Waals surface area contributed by atoms with Crippen molar-refractivity contribution in [3.05, 3.63) is 46.3 Å². The number of hydrogen-bond donors (Lipinski definition) is 2. The highest BCUT2D eigenvalue weighted by atomic mass is 16.6. The van der Waals surface area contributed by atoms with E-state index >= 15 is 0 Å². The predicted molar refractivity (Wildman–Crippen MR) is 71.1 cm³/mol. The van der Waals surface area contributed by atoms with Gasteiger partial charge in [-0.2, -0.15) is 0 Å². The lowest BCUT2D eigenvalue weighted by Crippen LogP contribution is -2.02. The highest BCUT2D eigenvalue weighted by Gasteiger charge is 2.09. The van der Waals surface area contributed by atoms with Crippen LogP contribution in [0, 0.1) is 10.1 Å². The van der Waals surface area contributed by atoms with E-state index in [1.54, 1.807) is 12.3 Å². The van der Waals surface area contributed by atoms with Crippen molar-refractivity contribution in [2.75, 3.05) is 17.2 Å². The molecule has 0 aliphatic rings. The summed E-state index contributed by atoms with van der Waals surface area (Å²) >= 11 is 0.